The Morgan fingerprint density at radius 1 is 0.485 bits per heavy atom. The molecule has 0 aliphatic heterocycles. The van der Waals surface area contributed by atoms with Crippen LogP contribution in [0.4, 0.5) is 0 Å². The van der Waals surface area contributed by atoms with Gasteiger partial charge in [0.15, 0.2) is 0 Å². The summed E-state index contributed by atoms with van der Waals surface area (Å²) in [6.45, 7) is 47.4. The lowest BCUT2D eigenvalue weighted by Gasteiger charge is -1.80. The van der Waals surface area contributed by atoms with Crippen molar-refractivity contribution in [2.45, 2.75) is 166 Å². The Balaban J connectivity index is -0.0000000930. The van der Waals surface area contributed by atoms with E-state index in [-0.39, 0.29) is 0 Å². The fourth-order valence-electron chi connectivity index (χ4n) is 2.23. The quantitative estimate of drug-likeness (QED) is 0.139. The van der Waals surface area contributed by atoms with Crippen LogP contribution in [0.2, 0.25) is 0 Å². The molecule has 18 heteroatoms. The minimum Gasteiger partial charge on any atom is -0.365 e. The number of aromatic nitrogens is 12. The van der Waals surface area contributed by atoms with Gasteiger partial charge in [0.1, 0.15) is 30.4 Å². The van der Waals surface area contributed by atoms with Gasteiger partial charge in [-0.1, -0.05) is 126 Å². The van der Waals surface area contributed by atoms with Gasteiger partial charge in [-0.15, -0.1) is 10.2 Å². The third kappa shape index (κ3) is 70.2. The van der Waals surface area contributed by atoms with E-state index in [2.05, 4.69) is 72.5 Å². The van der Waals surface area contributed by atoms with Gasteiger partial charge in [0.2, 0.25) is 0 Å². The van der Waals surface area contributed by atoms with Crippen molar-refractivity contribution >= 4 is 34.6 Å². The molecule has 8 rings (SSSR count). The summed E-state index contributed by atoms with van der Waals surface area (Å²) in [6.07, 6.45) is 16.3. The molecule has 0 aromatic carbocycles. The lowest BCUT2D eigenvalue weighted by molar-refractivity contribution is 0.397. The maximum absolute atomic E-state index is 4.58. The van der Waals surface area contributed by atoms with Gasteiger partial charge < -0.3 is 13.6 Å². The lowest BCUT2D eigenvalue weighted by Crippen LogP contribution is -1.85. The molecule has 0 atom stereocenters. The first-order valence-electron chi connectivity index (χ1n) is 22.6. The Morgan fingerprint density at radius 3 is 1.27 bits per heavy atom. The van der Waals surface area contributed by atoms with Crippen LogP contribution in [0.5, 0.6) is 0 Å². The Morgan fingerprint density at radius 2 is 1.12 bits per heavy atom. The van der Waals surface area contributed by atoms with Gasteiger partial charge in [0.05, 0.1) is 41.9 Å². The molecule has 8 heterocycles. The number of nitrogens with zero attached hydrogens (tertiary/aromatic N) is 12. The van der Waals surface area contributed by atoms with Crippen LogP contribution in [0, 0.1) is 55.4 Å². The molecule has 0 unspecified atom stereocenters. The molecule has 376 valence electrons. The zero-order chi connectivity index (χ0) is 52.7. The standard InChI is InChI=1S/2C4H5N3.3C4H5NO.3C4H5NS.8C2H6/c1-4-2-6-7-3-5-4;1-4-5-2-3-6-7-4;1-4-2-5-6-3-4;1-4-2-3-6-5-4;1-4-2-3-5-6-4;1-4-2-5-6-3-4;1-4-2-3-6-5-4;1-4-2-3-5-6-4;8*1-2/h2*2-3H,1H3;6*2-3H,1H3;8*1-2H3. The molecule has 8 aromatic heterocycles. The molecule has 66 heavy (non-hydrogen) atoms. The molecular formula is C48H88N12O3S3. The van der Waals surface area contributed by atoms with Crippen LogP contribution in [0.3, 0.4) is 0 Å². The van der Waals surface area contributed by atoms with Gasteiger partial charge in [-0.2, -0.15) is 14.6 Å². The number of hydrogen-bond donors (Lipinski definition) is 0. The largest absolute Gasteiger partial charge is 0.365 e. The average molecular weight is 978 g/mol. The fraction of sp³-hybridized carbons (Fsp3) is 0.500. The molecule has 0 amide bonds. The van der Waals surface area contributed by atoms with Crippen molar-refractivity contribution in [2.75, 3.05) is 0 Å². The van der Waals surface area contributed by atoms with Crippen LogP contribution < -0.4 is 0 Å². The van der Waals surface area contributed by atoms with Crippen LogP contribution >= 0.6 is 34.6 Å². The summed E-state index contributed by atoms with van der Waals surface area (Å²) >= 11 is 4.51. The maximum Gasteiger partial charge on any atom is 0.147 e. The van der Waals surface area contributed by atoms with E-state index in [0.717, 1.165) is 28.4 Å². The molecule has 8 aromatic rings. The van der Waals surface area contributed by atoms with Crippen molar-refractivity contribution < 1.29 is 13.6 Å². The topological polar surface area (TPSA) is 194 Å². The Labute approximate surface area is 413 Å². The second-order valence-corrected chi connectivity index (χ2v) is 11.7. The van der Waals surface area contributed by atoms with E-state index in [9.17, 15) is 0 Å². The third-order valence-electron chi connectivity index (χ3n) is 4.60. The van der Waals surface area contributed by atoms with E-state index < -0.39 is 0 Å². The second-order valence-electron chi connectivity index (χ2n) is 9.37. The molecule has 0 aliphatic carbocycles. The molecule has 15 nitrogen and oxygen atoms in total. The van der Waals surface area contributed by atoms with Gasteiger partial charge >= 0.3 is 0 Å². The van der Waals surface area contributed by atoms with Crippen molar-refractivity contribution in [1.29, 1.82) is 0 Å². The van der Waals surface area contributed by atoms with E-state index >= 15 is 0 Å². The monoisotopic (exact) mass is 977 g/mol. The van der Waals surface area contributed by atoms with Crippen LogP contribution in [0.1, 0.15) is 155 Å². The smallest absolute Gasteiger partial charge is 0.147 e. The number of rotatable bonds is 0. The summed E-state index contributed by atoms with van der Waals surface area (Å²) in [4.78, 5) is 8.88. The summed E-state index contributed by atoms with van der Waals surface area (Å²) in [7, 11) is 0. The molecule has 0 bridgehead atoms. The summed E-state index contributed by atoms with van der Waals surface area (Å²) in [5.74, 6) is 1.57. The minimum atomic E-state index is 0.711. The third-order valence-corrected chi connectivity index (χ3v) is 6.61. The van der Waals surface area contributed by atoms with Crippen molar-refractivity contribution in [1.82, 2.24) is 59.0 Å². The fourth-order valence-corrected chi connectivity index (χ4v) is 3.70. The lowest BCUT2D eigenvalue weighted by atomic mass is 10.4. The SMILES string of the molecule is CC.CC.CC.CC.CC.CC.CC.CC.Cc1ccno1.Cc1ccns1.Cc1ccon1.Cc1ccsn1.Cc1cnncn1.Cc1cnoc1.Cc1cnsc1.Cc1nccnn1. The summed E-state index contributed by atoms with van der Waals surface area (Å²) in [6, 6.07) is 7.59. The minimum absolute atomic E-state index is 0.711. The zero-order valence-electron chi connectivity index (χ0n) is 45.1. The molecule has 0 fully saturated rings. The first kappa shape index (κ1) is 77.7. The Hall–Kier alpha value is -5.46. The van der Waals surface area contributed by atoms with E-state index in [4.69, 9.17) is 0 Å². The van der Waals surface area contributed by atoms with Crippen molar-refractivity contribution in [3.63, 3.8) is 0 Å². The van der Waals surface area contributed by atoms with Gasteiger partial charge in [-0.3, -0.25) is 0 Å². The van der Waals surface area contributed by atoms with Gasteiger partial charge in [-0.25, -0.2) is 18.7 Å². The highest BCUT2D eigenvalue weighted by Gasteiger charge is 1.81. The second kappa shape index (κ2) is 73.9. The van der Waals surface area contributed by atoms with Gasteiger partial charge in [0.25, 0.3) is 0 Å². The molecule has 0 N–H and O–H groups in total. The Kier molecular flexibility index (Phi) is 87.1. The first-order chi connectivity index (χ1) is 32.2. The van der Waals surface area contributed by atoms with Gasteiger partial charge in [-0.05, 0) is 108 Å². The van der Waals surface area contributed by atoms with Crippen molar-refractivity contribution in [2.24, 2.45) is 0 Å². The molecule has 0 aliphatic rings. The highest BCUT2D eigenvalue weighted by atomic mass is 32.1. The zero-order valence-corrected chi connectivity index (χ0v) is 47.5. The van der Waals surface area contributed by atoms with Crippen molar-refractivity contribution in [3.8, 4) is 0 Å². The average Bonchev–Trinajstić information content (AvgIpc) is 4.27. The van der Waals surface area contributed by atoms with Crippen LogP contribution in [-0.4, -0.2) is 59.0 Å². The summed E-state index contributed by atoms with van der Waals surface area (Å²) in [5.41, 5.74) is 5.25. The van der Waals surface area contributed by atoms with Crippen LogP contribution in [0.25, 0.3) is 0 Å². The highest BCUT2D eigenvalue weighted by Crippen LogP contribution is 1.99. The Bertz CT molecular complexity index is 1480. The normalized spacial score (nSPS) is 7.39. The van der Waals surface area contributed by atoms with E-state index in [1.54, 1.807) is 68.8 Å². The number of hydrogen-bond acceptors (Lipinski definition) is 18. The molecular weight excluding hydrogens is 889 g/mol. The van der Waals surface area contributed by atoms with Gasteiger partial charge in [0, 0.05) is 51.9 Å². The van der Waals surface area contributed by atoms with E-state index in [1.165, 1.54) is 51.4 Å². The molecule has 0 radical (unpaired) electrons. The predicted molar refractivity (Wildman–Crippen MR) is 284 cm³/mol. The molecule has 0 saturated carbocycles. The highest BCUT2D eigenvalue weighted by molar-refractivity contribution is 7.05. The van der Waals surface area contributed by atoms with Crippen LogP contribution in [-0.2, 0) is 0 Å². The summed E-state index contributed by atoms with van der Waals surface area (Å²) < 4.78 is 25.2. The van der Waals surface area contributed by atoms with Crippen molar-refractivity contribution in [3.05, 3.63) is 142 Å². The maximum atomic E-state index is 4.58. The summed E-state index contributed by atoms with van der Waals surface area (Å²) in [5, 5.41) is 28.7. The molecule has 0 saturated heterocycles. The molecule has 0 spiro atoms. The first-order valence-corrected chi connectivity index (χ1v) is 25.0. The van der Waals surface area contributed by atoms with E-state index in [1.807, 2.05) is 188 Å². The number of aryl methyl sites for hydroxylation is 8. The van der Waals surface area contributed by atoms with Crippen LogP contribution in [0.15, 0.2) is 111 Å². The predicted octanol–water partition coefficient (Wildman–Crippen LogP) is 15.9. The van der Waals surface area contributed by atoms with E-state index in [0.29, 0.717) is 5.82 Å².